The van der Waals surface area contributed by atoms with Crippen molar-refractivity contribution in [1.82, 2.24) is 20.9 Å². The van der Waals surface area contributed by atoms with E-state index in [1.165, 1.54) is 0 Å². The number of pyridine rings is 1. The van der Waals surface area contributed by atoms with Gasteiger partial charge in [0.05, 0.1) is 12.1 Å². The van der Waals surface area contributed by atoms with Crippen LogP contribution in [0.5, 0.6) is 5.88 Å². The summed E-state index contributed by atoms with van der Waals surface area (Å²) >= 11 is 5.78. The summed E-state index contributed by atoms with van der Waals surface area (Å²) in [6.07, 6.45) is -3.86. The molecule has 0 atom stereocenters. The number of hydrogen-bond acceptors (Lipinski definition) is 4. The molecule has 0 aliphatic rings. The second kappa shape index (κ2) is 10.4. The summed E-state index contributed by atoms with van der Waals surface area (Å²) in [7, 11) is 0. The highest BCUT2D eigenvalue weighted by Gasteiger charge is 2.31. The number of aliphatic imine (C=N–C) groups is 1. The van der Waals surface area contributed by atoms with E-state index < -0.39 is 11.7 Å². The molecular formula is C17H25ClF3N5O2. The van der Waals surface area contributed by atoms with E-state index in [2.05, 4.69) is 25.9 Å². The molecule has 1 rings (SSSR count). The van der Waals surface area contributed by atoms with Gasteiger partial charge in [0.15, 0.2) is 5.96 Å². The topological polar surface area (TPSA) is 87.6 Å². The lowest BCUT2D eigenvalue weighted by atomic mass is 10.1. The highest BCUT2D eigenvalue weighted by molar-refractivity contribution is 6.31. The summed E-state index contributed by atoms with van der Waals surface area (Å²) < 4.78 is 43.1. The number of nitrogens with one attached hydrogen (secondary N) is 3. The van der Waals surface area contributed by atoms with E-state index in [0.717, 1.165) is 6.07 Å². The van der Waals surface area contributed by atoms with Gasteiger partial charge in [-0.25, -0.2) is 9.98 Å². The molecule has 1 amide bonds. The molecule has 11 heteroatoms. The van der Waals surface area contributed by atoms with Crippen LogP contribution in [-0.2, 0) is 11.0 Å². The van der Waals surface area contributed by atoms with Crippen LogP contribution in [0.3, 0.4) is 0 Å². The normalized spacial score (nSPS) is 12.5. The van der Waals surface area contributed by atoms with Crippen molar-refractivity contribution in [2.24, 2.45) is 4.99 Å². The lowest BCUT2D eigenvalue weighted by molar-refractivity contribution is -0.137. The number of halogens is 4. The Kier molecular flexibility index (Phi) is 8.80. The van der Waals surface area contributed by atoms with Gasteiger partial charge in [0.2, 0.25) is 11.8 Å². The van der Waals surface area contributed by atoms with E-state index in [-0.39, 0.29) is 42.0 Å². The van der Waals surface area contributed by atoms with Gasteiger partial charge >= 0.3 is 6.18 Å². The summed E-state index contributed by atoms with van der Waals surface area (Å²) in [6.45, 7) is 8.36. The van der Waals surface area contributed by atoms with Gasteiger partial charge in [0, 0.05) is 18.3 Å². The highest BCUT2D eigenvalue weighted by atomic mass is 35.5. The Bertz CT molecular complexity index is 690. The number of alkyl halides is 3. The zero-order valence-electron chi connectivity index (χ0n) is 16.2. The Morgan fingerprint density at radius 1 is 1.29 bits per heavy atom. The maximum absolute atomic E-state index is 12.6. The Morgan fingerprint density at radius 3 is 2.50 bits per heavy atom. The molecular weight excluding hydrogens is 399 g/mol. The highest BCUT2D eigenvalue weighted by Crippen LogP contribution is 2.32. The first-order valence-electron chi connectivity index (χ1n) is 8.61. The van der Waals surface area contributed by atoms with Crippen LogP contribution in [0.1, 0.15) is 33.3 Å². The molecule has 1 aromatic rings. The number of guanidine groups is 1. The van der Waals surface area contributed by atoms with Crippen molar-refractivity contribution >= 4 is 23.5 Å². The number of amides is 1. The number of rotatable bonds is 7. The third kappa shape index (κ3) is 9.12. The first-order valence-corrected chi connectivity index (χ1v) is 8.99. The van der Waals surface area contributed by atoms with Crippen molar-refractivity contribution in [3.05, 3.63) is 22.8 Å². The van der Waals surface area contributed by atoms with Crippen molar-refractivity contribution in [2.45, 2.75) is 39.4 Å². The van der Waals surface area contributed by atoms with E-state index in [9.17, 15) is 18.0 Å². The van der Waals surface area contributed by atoms with Gasteiger partial charge in [-0.1, -0.05) is 11.6 Å². The van der Waals surface area contributed by atoms with E-state index >= 15 is 0 Å². The molecule has 3 N–H and O–H groups in total. The average molecular weight is 424 g/mol. The van der Waals surface area contributed by atoms with Crippen LogP contribution >= 0.6 is 11.6 Å². The summed E-state index contributed by atoms with van der Waals surface area (Å²) in [5.74, 6) is 0.0892. The summed E-state index contributed by atoms with van der Waals surface area (Å²) in [4.78, 5) is 19.6. The molecule has 0 aliphatic heterocycles. The minimum atomic E-state index is -4.52. The van der Waals surface area contributed by atoms with Gasteiger partial charge in [-0.15, -0.1) is 0 Å². The van der Waals surface area contributed by atoms with Gasteiger partial charge in [-0.2, -0.15) is 13.2 Å². The van der Waals surface area contributed by atoms with Crippen LogP contribution < -0.4 is 20.7 Å². The lowest BCUT2D eigenvalue weighted by Crippen LogP contribution is -2.43. The van der Waals surface area contributed by atoms with E-state index in [1.807, 2.05) is 27.7 Å². The van der Waals surface area contributed by atoms with Gasteiger partial charge in [0.1, 0.15) is 18.2 Å². The molecule has 0 aliphatic carbocycles. The average Bonchev–Trinajstić information content (AvgIpc) is 2.55. The predicted octanol–water partition coefficient (Wildman–Crippen LogP) is 2.60. The first kappa shape index (κ1) is 23.8. The molecule has 0 radical (unpaired) electrons. The van der Waals surface area contributed by atoms with Crippen LogP contribution in [-0.4, -0.2) is 48.6 Å². The zero-order valence-corrected chi connectivity index (χ0v) is 17.0. The molecule has 1 heterocycles. The lowest BCUT2D eigenvalue weighted by Gasteiger charge is -2.20. The van der Waals surface area contributed by atoms with E-state index in [0.29, 0.717) is 18.7 Å². The standard InChI is InChI=1S/C17H25ClF3N5O2/c1-5-22-15(25-10-13(27)26-16(2,3)4)23-6-7-28-14-12(18)8-11(9-24-14)17(19,20)21/h8-9H,5-7,10H2,1-4H3,(H,26,27)(H2,22,23,25). The third-order valence-corrected chi connectivity index (χ3v) is 3.28. The van der Waals surface area contributed by atoms with Crippen molar-refractivity contribution < 1.29 is 22.7 Å². The summed E-state index contributed by atoms with van der Waals surface area (Å²) in [5.41, 5.74) is -1.29. The van der Waals surface area contributed by atoms with Gasteiger partial charge in [-0.3, -0.25) is 4.79 Å². The summed E-state index contributed by atoms with van der Waals surface area (Å²) in [6, 6.07) is 0.761. The van der Waals surface area contributed by atoms with Gasteiger partial charge < -0.3 is 20.7 Å². The van der Waals surface area contributed by atoms with Crippen LogP contribution in [0.25, 0.3) is 0 Å². The molecule has 0 aromatic carbocycles. The largest absolute Gasteiger partial charge is 0.475 e. The van der Waals surface area contributed by atoms with E-state index in [4.69, 9.17) is 16.3 Å². The van der Waals surface area contributed by atoms with Crippen molar-refractivity contribution in [3.63, 3.8) is 0 Å². The Labute approximate surface area is 167 Å². The van der Waals surface area contributed by atoms with Crippen molar-refractivity contribution in [2.75, 3.05) is 26.2 Å². The molecule has 7 nitrogen and oxygen atoms in total. The number of ether oxygens (including phenoxy) is 1. The number of hydrogen-bond donors (Lipinski definition) is 3. The molecule has 0 fully saturated rings. The first-order chi connectivity index (χ1) is 12.9. The SMILES string of the molecule is CCNC(=NCC(=O)NC(C)(C)C)NCCOc1ncc(C(F)(F)F)cc1Cl. The van der Waals surface area contributed by atoms with E-state index in [1.54, 1.807) is 0 Å². The van der Waals surface area contributed by atoms with Crippen molar-refractivity contribution in [1.29, 1.82) is 0 Å². The van der Waals surface area contributed by atoms with Crippen LogP contribution in [0.4, 0.5) is 13.2 Å². The second-order valence-corrected chi connectivity index (χ2v) is 7.18. The van der Waals surface area contributed by atoms with Crippen LogP contribution in [0.15, 0.2) is 17.3 Å². The Hall–Kier alpha value is -2.23. The monoisotopic (exact) mass is 423 g/mol. The Balaban J connectivity index is 2.53. The number of nitrogens with zero attached hydrogens (tertiary/aromatic N) is 2. The molecule has 0 unspecified atom stereocenters. The predicted molar refractivity (Wildman–Crippen MR) is 102 cm³/mol. The maximum atomic E-state index is 12.6. The fourth-order valence-corrected chi connectivity index (χ4v) is 2.18. The summed E-state index contributed by atoms with van der Waals surface area (Å²) in [5, 5.41) is 8.49. The minimum Gasteiger partial charge on any atom is -0.475 e. The van der Waals surface area contributed by atoms with Gasteiger partial charge in [0.25, 0.3) is 0 Å². The second-order valence-electron chi connectivity index (χ2n) is 6.78. The fourth-order valence-electron chi connectivity index (χ4n) is 1.95. The molecule has 158 valence electrons. The fraction of sp³-hybridized carbons (Fsp3) is 0.588. The number of carbonyl (C=O) groups excluding carboxylic acids is 1. The van der Waals surface area contributed by atoms with Crippen molar-refractivity contribution in [3.8, 4) is 5.88 Å². The molecule has 0 saturated heterocycles. The van der Waals surface area contributed by atoms with Gasteiger partial charge in [-0.05, 0) is 33.8 Å². The molecule has 0 bridgehead atoms. The Morgan fingerprint density at radius 2 is 1.96 bits per heavy atom. The number of carbonyl (C=O) groups is 1. The third-order valence-electron chi connectivity index (χ3n) is 3.01. The van der Waals surface area contributed by atoms with Crippen LogP contribution in [0.2, 0.25) is 5.02 Å². The molecule has 28 heavy (non-hydrogen) atoms. The molecule has 0 spiro atoms. The molecule has 0 saturated carbocycles. The van der Waals surface area contributed by atoms with Crippen LogP contribution in [0, 0.1) is 0 Å². The maximum Gasteiger partial charge on any atom is 0.417 e. The molecule has 1 aromatic heterocycles. The minimum absolute atomic E-state index is 0.0558. The zero-order chi connectivity index (χ0) is 21.4. The smallest absolute Gasteiger partial charge is 0.417 e. The number of aromatic nitrogens is 1. The quantitative estimate of drug-likeness (QED) is 0.356.